The standard InChI is InChI=1S/C11H15N3O4/c1-2-6-8(15)13-11(18)14(10(6)17)7-4-3-5-12-9(7)16/h7,17H,2-5H2,1H3,(H,12,16)(H,13,15,18). The fraction of sp³-hybridized carbons (Fsp3) is 0.545. The van der Waals surface area contributed by atoms with Gasteiger partial charge in [-0.2, -0.15) is 0 Å². The molecule has 0 radical (unpaired) electrons. The summed E-state index contributed by atoms with van der Waals surface area (Å²) in [7, 11) is 0. The predicted molar refractivity (Wildman–Crippen MR) is 63.6 cm³/mol. The van der Waals surface area contributed by atoms with Gasteiger partial charge in [0.2, 0.25) is 11.8 Å². The quantitative estimate of drug-likeness (QED) is 0.645. The number of aromatic hydroxyl groups is 1. The highest BCUT2D eigenvalue weighted by atomic mass is 16.3. The largest absolute Gasteiger partial charge is 0.494 e. The summed E-state index contributed by atoms with van der Waals surface area (Å²) in [5, 5.41) is 12.6. The molecule has 2 rings (SSSR count). The number of carbonyl (C=O) groups excluding carboxylic acids is 1. The Bertz CT molecular complexity index is 587. The zero-order valence-electron chi connectivity index (χ0n) is 10.0. The van der Waals surface area contributed by atoms with Gasteiger partial charge in [0.1, 0.15) is 6.04 Å². The highest BCUT2D eigenvalue weighted by Crippen LogP contribution is 2.22. The van der Waals surface area contributed by atoms with Crippen LogP contribution in [0.15, 0.2) is 9.59 Å². The molecule has 1 fully saturated rings. The van der Waals surface area contributed by atoms with Crippen molar-refractivity contribution in [3.05, 3.63) is 26.4 Å². The Morgan fingerprint density at radius 3 is 2.72 bits per heavy atom. The van der Waals surface area contributed by atoms with E-state index in [9.17, 15) is 19.5 Å². The van der Waals surface area contributed by atoms with Gasteiger partial charge < -0.3 is 10.4 Å². The lowest BCUT2D eigenvalue weighted by Gasteiger charge is -2.24. The highest BCUT2D eigenvalue weighted by Gasteiger charge is 2.28. The molecule has 0 aromatic carbocycles. The van der Waals surface area contributed by atoms with E-state index in [1.165, 1.54) is 0 Å². The van der Waals surface area contributed by atoms with E-state index in [1.54, 1.807) is 6.92 Å². The van der Waals surface area contributed by atoms with Crippen molar-refractivity contribution < 1.29 is 9.90 Å². The van der Waals surface area contributed by atoms with Gasteiger partial charge >= 0.3 is 5.69 Å². The van der Waals surface area contributed by atoms with Crippen LogP contribution in [0.3, 0.4) is 0 Å². The second kappa shape index (κ2) is 4.67. The van der Waals surface area contributed by atoms with Crippen molar-refractivity contribution in [3.8, 4) is 5.88 Å². The van der Waals surface area contributed by atoms with Crippen molar-refractivity contribution >= 4 is 5.91 Å². The van der Waals surface area contributed by atoms with Crippen LogP contribution in [-0.2, 0) is 11.2 Å². The minimum absolute atomic E-state index is 0.118. The third kappa shape index (κ3) is 1.92. The molecule has 2 heterocycles. The molecule has 0 bridgehead atoms. The molecule has 18 heavy (non-hydrogen) atoms. The van der Waals surface area contributed by atoms with Crippen LogP contribution in [0.5, 0.6) is 5.88 Å². The van der Waals surface area contributed by atoms with Gasteiger partial charge in [-0.15, -0.1) is 0 Å². The van der Waals surface area contributed by atoms with Gasteiger partial charge in [-0.05, 0) is 19.3 Å². The van der Waals surface area contributed by atoms with Gasteiger partial charge in [0.05, 0.1) is 5.56 Å². The number of hydrogen-bond donors (Lipinski definition) is 3. The number of aromatic amines is 1. The molecular formula is C11H15N3O4. The highest BCUT2D eigenvalue weighted by molar-refractivity contribution is 5.81. The van der Waals surface area contributed by atoms with E-state index < -0.39 is 23.2 Å². The predicted octanol–water partition coefficient (Wildman–Crippen LogP) is -0.744. The van der Waals surface area contributed by atoms with E-state index in [4.69, 9.17) is 0 Å². The van der Waals surface area contributed by atoms with Crippen molar-refractivity contribution in [1.82, 2.24) is 14.9 Å². The molecule has 1 atom stereocenters. The first-order valence-electron chi connectivity index (χ1n) is 5.90. The minimum Gasteiger partial charge on any atom is -0.494 e. The average Bonchev–Trinajstić information content (AvgIpc) is 2.31. The Hall–Kier alpha value is -2.05. The molecule has 0 saturated carbocycles. The fourth-order valence-electron chi connectivity index (χ4n) is 2.19. The van der Waals surface area contributed by atoms with E-state index in [-0.39, 0.29) is 17.9 Å². The molecule has 0 aliphatic carbocycles. The number of nitrogens with zero attached hydrogens (tertiary/aromatic N) is 1. The van der Waals surface area contributed by atoms with E-state index in [0.29, 0.717) is 13.0 Å². The molecule has 1 unspecified atom stereocenters. The summed E-state index contributed by atoms with van der Waals surface area (Å²) in [4.78, 5) is 37.1. The Labute approximate surface area is 102 Å². The van der Waals surface area contributed by atoms with E-state index >= 15 is 0 Å². The van der Waals surface area contributed by atoms with Crippen molar-refractivity contribution in [2.45, 2.75) is 32.2 Å². The molecule has 3 N–H and O–H groups in total. The third-order valence-electron chi connectivity index (χ3n) is 3.13. The summed E-state index contributed by atoms with van der Waals surface area (Å²) in [5.74, 6) is -0.721. The van der Waals surface area contributed by atoms with Crippen molar-refractivity contribution in [2.75, 3.05) is 6.54 Å². The smallest absolute Gasteiger partial charge is 0.331 e. The van der Waals surface area contributed by atoms with Crippen LogP contribution >= 0.6 is 0 Å². The molecule has 98 valence electrons. The Morgan fingerprint density at radius 1 is 1.39 bits per heavy atom. The van der Waals surface area contributed by atoms with Gasteiger partial charge in [-0.25, -0.2) is 4.79 Å². The van der Waals surface area contributed by atoms with Gasteiger partial charge in [0.25, 0.3) is 5.56 Å². The molecule has 1 aromatic rings. The number of nitrogens with one attached hydrogen (secondary N) is 2. The summed E-state index contributed by atoms with van der Waals surface area (Å²) in [6, 6.07) is -0.756. The first kappa shape index (κ1) is 12.4. The number of rotatable bonds is 2. The molecule has 0 spiro atoms. The monoisotopic (exact) mass is 253 g/mol. The zero-order chi connectivity index (χ0) is 13.3. The van der Waals surface area contributed by atoms with E-state index in [0.717, 1.165) is 11.0 Å². The molecule has 1 aliphatic heterocycles. The van der Waals surface area contributed by atoms with E-state index in [2.05, 4.69) is 10.3 Å². The maximum Gasteiger partial charge on any atom is 0.331 e. The lowest BCUT2D eigenvalue weighted by molar-refractivity contribution is -0.126. The normalized spacial score (nSPS) is 19.6. The number of hydrogen-bond acceptors (Lipinski definition) is 4. The lowest BCUT2D eigenvalue weighted by Crippen LogP contribution is -2.43. The topological polar surface area (TPSA) is 104 Å². The van der Waals surface area contributed by atoms with Crippen LogP contribution in [-0.4, -0.2) is 27.1 Å². The molecule has 7 nitrogen and oxygen atoms in total. The molecule has 1 amide bonds. The van der Waals surface area contributed by atoms with Crippen LogP contribution in [0.1, 0.15) is 31.4 Å². The van der Waals surface area contributed by atoms with Crippen molar-refractivity contribution in [1.29, 1.82) is 0 Å². The second-order valence-corrected chi connectivity index (χ2v) is 4.23. The maximum absolute atomic E-state index is 11.7. The van der Waals surface area contributed by atoms with Gasteiger partial charge in [0, 0.05) is 6.54 Å². The van der Waals surface area contributed by atoms with Crippen LogP contribution < -0.4 is 16.6 Å². The Morgan fingerprint density at radius 2 is 2.11 bits per heavy atom. The molecule has 1 saturated heterocycles. The molecule has 1 aliphatic rings. The minimum atomic E-state index is -0.756. The fourth-order valence-corrected chi connectivity index (χ4v) is 2.19. The summed E-state index contributed by atoms with van der Waals surface area (Å²) >= 11 is 0. The number of H-pyrrole nitrogens is 1. The lowest BCUT2D eigenvalue weighted by atomic mass is 10.1. The van der Waals surface area contributed by atoms with Crippen LogP contribution in [0.25, 0.3) is 0 Å². The average molecular weight is 253 g/mol. The van der Waals surface area contributed by atoms with Crippen molar-refractivity contribution in [2.24, 2.45) is 0 Å². The van der Waals surface area contributed by atoms with Gasteiger partial charge in [-0.1, -0.05) is 6.92 Å². The van der Waals surface area contributed by atoms with Crippen LogP contribution in [0, 0.1) is 0 Å². The number of piperidine rings is 1. The van der Waals surface area contributed by atoms with Crippen LogP contribution in [0.2, 0.25) is 0 Å². The third-order valence-corrected chi connectivity index (χ3v) is 3.13. The first-order valence-corrected chi connectivity index (χ1v) is 5.90. The van der Waals surface area contributed by atoms with E-state index in [1.807, 2.05) is 0 Å². The number of aromatic nitrogens is 2. The van der Waals surface area contributed by atoms with Gasteiger partial charge in [-0.3, -0.25) is 19.1 Å². The maximum atomic E-state index is 11.7. The van der Waals surface area contributed by atoms with Crippen molar-refractivity contribution in [3.63, 3.8) is 0 Å². The number of carbonyl (C=O) groups is 1. The Kier molecular flexibility index (Phi) is 3.22. The SMILES string of the molecule is CCc1c(O)n(C2CCCNC2=O)c(=O)[nH]c1=O. The van der Waals surface area contributed by atoms with Gasteiger partial charge in [0.15, 0.2) is 0 Å². The molecule has 7 heteroatoms. The Balaban J connectivity index is 2.60. The van der Waals surface area contributed by atoms with Crippen LogP contribution in [0.4, 0.5) is 0 Å². The summed E-state index contributed by atoms with van der Waals surface area (Å²) in [6.45, 7) is 2.26. The number of amides is 1. The first-order chi connectivity index (χ1) is 8.56. The second-order valence-electron chi connectivity index (χ2n) is 4.23. The summed E-state index contributed by atoms with van der Waals surface area (Å²) in [5.41, 5.74) is -1.24. The summed E-state index contributed by atoms with van der Waals surface area (Å²) in [6.07, 6.45) is 1.48. The zero-order valence-corrected chi connectivity index (χ0v) is 10.0. The molecule has 1 aromatic heterocycles. The molecular weight excluding hydrogens is 238 g/mol. The summed E-state index contributed by atoms with van der Waals surface area (Å²) < 4.78 is 0.967.